The molecule has 0 saturated carbocycles. The monoisotopic (exact) mass is 409 g/mol. The Hall–Kier alpha value is -1.03. The zero-order chi connectivity index (χ0) is 15.5. The zero-order valence-corrected chi connectivity index (χ0v) is 15.6. The Labute approximate surface area is 145 Å². The summed E-state index contributed by atoms with van der Waals surface area (Å²) in [4.78, 5) is 0. The second-order valence-electron chi connectivity index (χ2n) is 5.46. The average Bonchev–Trinajstić information content (AvgIpc) is 2.55. The lowest BCUT2D eigenvalue weighted by Crippen LogP contribution is -3.61. The summed E-state index contributed by atoms with van der Waals surface area (Å²) in [5.41, 5.74) is 0. The molecule has 0 saturated heterocycles. The molecular formula is C20H26IO+. The first-order valence-corrected chi connectivity index (χ1v) is 10.5. The second-order valence-corrected chi connectivity index (χ2v) is 8.49. The smallest absolute Gasteiger partial charge is 0.358 e. The van der Waals surface area contributed by atoms with Crippen molar-refractivity contribution < 1.29 is 25.9 Å². The van der Waals surface area contributed by atoms with E-state index < -0.39 is 0 Å². The normalized spacial score (nSPS) is 10.6. The second kappa shape index (κ2) is 10.7. The topological polar surface area (TPSA) is 9.23 Å². The molecule has 0 atom stereocenters. The maximum Gasteiger partial charge on any atom is 0.358 e. The largest absolute Gasteiger partial charge is 0.493 e. The van der Waals surface area contributed by atoms with Crippen molar-refractivity contribution in [2.75, 3.05) is 6.61 Å². The molecule has 2 rings (SSSR count). The van der Waals surface area contributed by atoms with Gasteiger partial charge in [0.1, 0.15) is 5.75 Å². The molecule has 0 N–H and O–H groups in total. The van der Waals surface area contributed by atoms with E-state index in [9.17, 15) is 0 Å². The Morgan fingerprint density at radius 3 is 2.32 bits per heavy atom. The van der Waals surface area contributed by atoms with Gasteiger partial charge in [-0.05, 0) is 30.7 Å². The van der Waals surface area contributed by atoms with Gasteiger partial charge in [0, 0.05) is 6.07 Å². The Bertz CT molecular complexity index is 524. The van der Waals surface area contributed by atoms with Crippen molar-refractivity contribution in [3.05, 3.63) is 61.7 Å². The molecule has 0 amide bonds. The van der Waals surface area contributed by atoms with Gasteiger partial charge in [0.2, 0.25) is 0 Å². The van der Waals surface area contributed by atoms with Crippen molar-refractivity contribution in [3.8, 4) is 5.75 Å². The van der Waals surface area contributed by atoms with Crippen LogP contribution in [0.4, 0.5) is 0 Å². The van der Waals surface area contributed by atoms with Crippen LogP contribution in [0, 0.1) is 7.14 Å². The summed E-state index contributed by atoms with van der Waals surface area (Å²) >= 11 is -0.0982. The van der Waals surface area contributed by atoms with E-state index in [2.05, 4.69) is 61.5 Å². The van der Waals surface area contributed by atoms with E-state index in [-0.39, 0.29) is 21.2 Å². The average molecular weight is 409 g/mol. The molecule has 1 nitrogen and oxygen atoms in total. The van der Waals surface area contributed by atoms with Crippen molar-refractivity contribution in [1.82, 2.24) is 0 Å². The van der Waals surface area contributed by atoms with Crippen LogP contribution >= 0.6 is 0 Å². The molecule has 0 aliphatic carbocycles. The molecule has 0 spiro atoms. The maximum absolute atomic E-state index is 5.91. The molecule has 118 valence electrons. The van der Waals surface area contributed by atoms with Crippen molar-refractivity contribution in [2.24, 2.45) is 0 Å². The summed E-state index contributed by atoms with van der Waals surface area (Å²) < 4.78 is 8.78. The van der Waals surface area contributed by atoms with Crippen LogP contribution in [0.2, 0.25) is 0 Å². The summed E-state index contributed by atoms with van der Waals surface area (Å²) in [7, 11) is 0. The lowest BCUT2D eigenvalue weighted by molar-refractivity contribution is -0.597. The van der Waals surface area contributed by atoms with Gasteiger partial charge in [0.05, 0.1) is 6.61 Å². The Morgan fingerprint density at radius 2 is 1.50 bits per heavy atom. The fourth-order valence-electron chi connectivity index (χ4n) is 2.29. The third-order valence-electron chi connectivity index (χ3n) is 3.51. The van der Waals surface area contributed by atoms with Gasteiger partial charge in [-0.3, -0.25) is 0 Å². The third-order valence-corrected chi connectivity index (χ3v) is 6.15. The SMILES string of the molecule is CCCCCCCCOc1cccc([I+]c2ccccc2)c1. The standard InChI is InChI=1S/C20H26IO/c1-2-3-4-5-6-10-16-22-20-15-11-14-19(17-20)21-18-12-8-7-9-13-18/h7-9,11-15,17H,2-6,10,16H2,1H3/q+1. The molecule has 22 heavy (non-hydrogen) atoms. The first-order valence-electron chi connectivity index (χ1n) is 8.31. The zero-order valence-electron chi connectivity index (χ0n) is 13.4. The molecule has 2 aromatic rings. The van der Waals surface area contributed by atoms with Crippen molar-refractivity contribution in [3.63, 3.8) is 0 Å². The predicted octanol–water partition coefficient (Wildman–Crippen LogP) is 2.55. The van der Waals surface area contributed by atoms with Gasteiger partial charge in [0.15, 0.2) is 7.14 Å². The molecule has 0 aliphatic heterocycles. The predicted molar refractivity (Wildman–Crippen MR) is 89.1 cm³/mol. The molecule has 0 aliphatic rings. The molecule has 0 unspecified atom stereocenters. The molecule has 0 heterocycles. The minimum absolute atomic E-state index is 0.0982. The van der Waals surface area contributed by atoms with E-state index in [1.807, 2.05) is 0 Å². The van der Waals surface area contributed by atoms with Crippen LogP contribution in [-0.2, 0) is 0 Å². The van der Waals surface area contributed by atoms with E-state index in [1.54, 1.807) is 0 Å². The summed E-state index contributed by atoms with van der Waals surface area (Å²) in [5.74, 6) is 1.03. The van der Waals surface area contributed by atoms with Crippen molar-refractivity contribution in [1.29, 1.82) is 0 Å². The van der Waals surface area contributed by atoms with Crippen LogP contribution in [-0.4, -0.2) is 6.61 Å². The molecule has 2 heteroatoms. The molecule has 0 bridgehead atoms. The van der Waals surface area contributed by atoms with Gasteiger partial charge >= 0.3 is 21.2 Å². The van der Waals surface area contributed by atoms with Gasteiger partial charge in [-0.2, -0.15) is 0 Å². The number of halogens is 1. The quantitative estimate of drug-likeness (QED) is 0.433. The number of hydrogen-bond acceptors (Lipinski definition) is 1. The van der Waals surface area contributed by atoms with Gasteiger partial charge in [-0.25, -0.2) is 0 Å². The fourth-order valence-corrected chi connectivity index (χ4v) is 4.64. The molecule has 0 aromatic heterocycles. The third kappa shape index (κ3) is 6.82. The van der Waals surface area contributed by atoms with Crippen LogP contribution in [0.3, 0.4) is 0 Å². The van der Waals surface area contributed by atoms with E-state index in [0.29, 0.717) is 0 Å². The van der Waals surface area contributed by atoms with Crippen LogP contribution < -0.4 is 25.9 Å². The Balaban J connectivity index is 1.72. The van der Waals surface area contributed by atoms with Crippen LogP contribution in [0.25, 0.3) is 0 Å². The highest BCUT2D eigenvalue weighted by atomic mass is 127. The number of unbranched alkanes of at least 4 members (excludes halogenated alkanes) is 5. The first-order chi connectivity index (χ1) is 10.9. The van der Waals surface area contributed by atoms with Gasteiger partial charge in [-0.1, -0.05) is 63.3 Å². The minimum atomic E-state index is -0.0982. The van der Waals surface area contributed by atoms with Crippen molar-refractivity contribution >= 4 is 0 Å². The Morgan fingerprint density at radius 1 is 0.773 bits per heavy atom. The summed E-state index contributed by atoms with van der Waals surface area (Å²) in [5, 5.41) is 0. The van der Waals surface area contributed by atoms with E-state index >= 15 is 0 Å². The lowest BCUT2D eigenvalue weighted by atomic mass is 10.1. The van der Waals surface area contributed by atoms with Gasteiger partial charge in [-0.15, -0.1) is 0 Å². The number of benzene rings is 2. The highest BCUT2D eigenvalue weighted by Gasteiger charge is 2.15. The Kier molecular flexibility index (Phi) is 8.39. The van der Waals surface area contributed by atoms with Gasteiger partial charge < -0.3 is 4.74 Å². The highest BCUT2D eigenvalue weighted by molar-refractivity contribution is 5.20. The molecule has 0 radical (unpaired) electrons. The van der Waals surface area contributed by atoms with E-state index in [0.717, 1.165) is 12.4 Å². The first kappa shape index (κ1) is 17.3. The molecule has 2 aromatic carbocycles. The van der Waals surface area contributed by atoms with E-state index in [1.165, 1.54) is 45.7 Å². The van der Waals surface area contributed by atoms with Crippen LogP contribution in [0.15, 0.2) is 54.6 Å². The lowest BCUT2D eigenvalue weighted by Gasteiger charge is -2.05. The minimum Gasteiger partial charge on any atom is -0.493 e. The summed E-state index contributed by atoms with van der Waals surface area (Å²) in [6.45, 7) is 3.10. The molecular weight excluding hydrogens is 383 g/mol. The maximum atomic E-state index is 5.91. The number of ether oxygens (including phenoxy) is 1. The van der Waals surface area contributed by atoms with E-state index in [4.69, 9.17) is 4.74 Å². The molecule has 0 fully saturated rings. The van der Waals surface area contributed by atoms with Crippen molar-refractivity contribution in [2.45, 2.75) is 45.4 Å². The summed E-state index contributed by atoms with van der Waals surface area (Å²) in [6.07, 6.45) is 7.85. The number of hydrogen-bond donors (Lipinski definition) is 0. The number of rotatable bonds is 10. The highest BCUT2D eigenvalue weighted by Crippen LogP contribution is 2.10. The summed E-state index contributed by atoms with van der Waals surface area (Å²) in [6, 6.07) is 19.4. The van der Waals surface area contributed by atoms with Gasteiger partial charge in [0.25, 0.3) is 0 Å². The van der Waals surface area contributed by atoms with Crippen LogP contribution in [0.5, 0.6) is 5.75 Å². The fraction of sp³-hybridized carbons (Fsp3) is 0.400. The van der Waals surface area contributed by atoms with Crippen LogP contribution in [0.1, 0.15) is 45.4 Å².